The minimum Gasteiger partial charge on any atom is -0.382 e. The fourth-order valence-electron chi connectivity index (χ4n) is 1.48. The number of thiophene rings is 1. The summed E-state index contributed by atoms with van der Waals surface area (Å²) in [6.07, 6.45) is 0.877. The molecule has 2 rings (SSSR count). The van der Waals surface area contributed by atoms with Crippen molar-refractivity contribution in [2.24, 2.45) is 0 Å². The maximum atomic E-state index is 10.1. The number of hydrogen-bond acceptors (Lipinski definition) is 3. The lowest BCUT2D eigenvalue weighted by molar-refractivity contribution is 0.208. The van der Waals surface area contributed by atoms with Gasteiger partial charge in [-0.2, -0.15) is 16.4 Å². The van der Waals surface area contributed by atoms with Gasteiger partial charge in [0.1, 0.15) is 6.10 Å². The summed E-state index contributed by atoms with van der Waals surface area (Å²) >= 11 is 7.55. The molecule has 1 atom stereocenters. The molecule has 0 aliphatic heterocycles. The SMILES string of the molecule is CCn1ncc(Cl)c1C(O)c1ccsc1. The van der Waals surface area contributed by atoms with Gasteiger partial charge in [0.25, 0.3) is 0 Å². The van der Waals surface area contributed by atoms with Crippen LogP contribution in [0.2, 0.25) is 5.02 Å². The fraction of sp³-hybridized carbons (Fsp3) is 0.300. The quantitative estimate of drug-likeness (QED) is 0.899. The average molecular weight is 243 g/mol. The Morgan fingerprint density at radius 2 is 2.47 bits per heavy atom. The second-order valence-corrected chi connectivity index (χ2v) is 4.34. The third kappa shape index (κ3) is 1.93. The summed E-state index contributed by atoms with van der Waals surface area (Å²) < 4.78 is 1.71. The van der Waals surface area contributed by atoms with Gasteiger partial charge in [0, 0.05) is 6.54 Å². The van der Waals surface area contributed by atoms with Gasteiger partial charge in [-0.15, -0.1) is 0 Å². The van der Waals surface area contributed by atoms with Gasteiger partial charge in [-0.25, -0.2) is 0 Å². The molecule has 0 aromatic carbocycles. The predicted octanol–water partition coefficient (Wildman–Crippen LogP) is 2.70. The van der Waals surface area contributed by atoms with E-state index in [9.17, 15) is 5.11 Å². The number of aryl methyl sites for hydroxylation is 1. The number of hydrogen-bond donors (Lipinski definition) is 1. The fourth-order valence-corrected chi connectivity index (χ4v) is 2.41. The molecule has 0 aliphatic rings. The number of aliphatic hydroxyl groups excluding tert-OH is 1. The summed E-state index contributed by atoms with van der Waals surface area (Å²) in [7, 11) is 0. The molecule has 3 nitrogen and oxygen atoms in total. The molecule has 1 unspecified atom stereocenters. The van der Waals surface area contributed by atoms with Gasteiger partial charge in [-0.05, 0) is 29.3 Å². The van der Waals surface area contributed by atoms with Crippen LogP contribution in [0.1, 0.15) is 24.3 Å². The maximum absolute atomic E-state index is 10.1. The van der Waals surface area contributed by atoms with Crippen LogP contribution >= 0.6 is 22.9 Å². The van der Waals surface area contributed by atoms with Crippen LogP contribution in [0.3, 0.4) is 0 Å². The Hall–Kier alpha value is -0.840. The Morgan fingerprint density at radius 1 is 1.67 bits per heavy atom. The van der Waals surface area contributed by atoms with E-state index < -0.39 is 6.10 Å². The van der Waals surface area contributed by atoms with Crippen molar-refractivity contribution in [2.45, 2.75) is 19.6 Å². The molecule has 1 N–H and O–H groups in total. The van der Waals surface area contributed by atoms with Crippen molar-refractivity contribution < 1.29 is 5.11 Å². The summed E-state index contributed by atoms with van der Waals surface area (Å²) in [5, 5.41) is 18.6. The molecule has 0 radical (unpaired) electrons. The largest absolute Gasteiger partial charge is 0.382 e. The first-order valence-electron chi connectivity index (χ1n) is 4.65. The Balaban J connectivity index is 2.40. The van der Waals surface area contributed by atoms with E-state index in [4.69, 9.17) is 11.6 Å². The first kappa shape index (κ1) is 10.7. The highest BCUT2D eigenvalue weighted by molar-refractivity contribution is 7.07. The van der Waals surface area contributed by atoms with Gasteiger partial charge < -0.3 is 5.11 Å². The van der Waals surface area contributed by atoms with Crippen molar-refractivity contribution in [3.63, 3.8) is 0 Å². The van der Waals surface area contributed by atoms with Gasteiger partial charge in [0.2, 0.25) is 0 Å². The summed E-state index contributed by atoms with van der Waals surface area (Å²) in [6.45, 7) is 2.66. The van der Waals surface area contributed by atoms with E-state index >= 15 is 0 Å². The molecular weight excluding hydrogens is 232 g/mol. The van der Waals surface area contributed by atoms with Gasteiger partial charge in [-0.1, -0.05) is 11.6 Å². The Labute approximate surface area is 96.9 Å². The van der Waals surface area contributed by atoms with E-state index in [1.165, 1.54) is 0 Å². The minimum absolute atomic E-state index is 0.510. The summed E-state index contributed by atoms with van der Waals surface area (Å²) in [6, 6.07) is 1.89. The topological polar surface area (TPSA) is 38.0 Å². The standard InChI is InChI=1S/C10H11ClN2OS/c1-2-13-9(8(11)5-12-13)10(14)7-3-4-15-6-7/h3-6,10,14H,2H2,1H3. The third-order valence-corrected chi connectivity index (χ3v) is 3.24. The molecule has 5 heteroatoms. The predicted molar refractivity (Wildman–Crippen MR) is 61.3 cm³/mol. The molecule has 2 aromatic rings. The second-order valence-electron chi connectivity index (χ2n) is 3.15. The third-order valence-electron chi connectivity index (χ3n) is 2.25. The van der Waals surface area contributed by atoms with Crippen molar-refractivity contribution in [2.75, 3.05) is 0 Å². The maximum Gasteiger partial charge on any atom is 0.123 e. The normalized spacial score (nSPS) is 13.0. The van der Waals surface area contributed by atoms with Gasteiger partial charge in [-0.3, -0.25) is 4.68 Å². The summed E-state index contributed by atoms with van der Waals surface area (Å²) in [5.41, 5.74) is 1.52. The van der Waals surface area contributed by atoms with Crippen molar-refractivity contribution in [1.82, 2.24) is 9.78 Å². The monoisotopic (exact) mass is 242 g/mol. The molecule has 0 saturated carbocycles. The van der Waals surface area contributed by atoms with Gasteiger partial charge in [0.05, 0.1) is 16.9 Å². The molecule has 80 valence electrons. The van der Waals surface area contributed by atoms with Crippen LogP contribution in [0.15, 0.2) is 23.0 Å². The van der Waals surface area contributed by atoms with E-state index in [0.29, 0.717) is 17.3 Å². The zero-order valence-corrected chi connectivity index (χ0v) is 9.79. The molecule has 15 heavy (non-hydrogen) atoms. The lowest BCUT2D eigenvalue weighted by Crippen LogP contribution is -2.08. The summed E-state index contributed by atoms with van der Waals surface area (Å²) in [4.78, 5) is 0. The first-order valence-corrected chi connectivity index (χ1v) is 5.97. The van der Waals surface area contributed by atoms with E-state index in [1.54, 1.807) is 22.2 Å². The molecule has 0 amide bonds. The Kier molecular flexibility index (Phi) is 3.09. The van der Waals surface area contributed by atoms with Crippen molar-refractivity contribution in [3.8, 4) is 0 Å². The van der Waals surface area contributed by atoms with E-state index in [0.717, 1.165) is 5.56 Å². The van der Waals surface area contributed by atoms with Crippen molar-refractivity contribution in [3.05, 3.63) is 39.3 Å². The molecule has 2 aromatic heterocycles. The van der Waals surface area contributed by atoms with E-state index in [-0.39, 0.29) is 0 Å². The van der Waals surface area contributed by atoms with E-state index in [1.807, 2.05) is 23.8 Å². The molecule has 0 saturated heterocycles. The lowest BCUT2D eigenvalue weighted by atomic mass is 10.1. The van der Waals surface area contributed by atoms with Crippen LogP contribution in [-0.2, 0) is 6.54 Å². The van der Waals surface area contributed by atoms with E-state index in [2.05, 4.69) is 5.10 Å². The average Bonchev–Trinajstić information content (AvgIpc) is 2.85. The van der Waals surface area contributed by atoms with Crippen LogP contribution in [0.5, 0.6) is 0 Å². The van der Waals surface area contributed by atoms with Crippen LogP contribution < -0.4 is 0 Å². The molecule has 2 heterocycles. The molecular formula is C10H11ClN2OS. The summed E-state index contributed by atoms with van der Waals surface area (Å²) in [5.74, 6) is 0. The van der Waals surface area contributed by atoms with Crippen LogP contribution in [0, 0.1) is 0 Å². The highest BCUT2D eigenvalue weighted by Crippen LogP contribution is 2.29. The Morgan fingerprint density at radius 3 is 3.07 bits per heavy atom. The highest BCUT2D eigenvalue weighted by atomic mass is 35.5. The number of aromatic nitrogens is 2. The van der Waals surface area contributed by atoms with Crippen molar-refractivity contribution in [1.29, 1.82) is 0 Å². The van der Waals surface area contributed by atoms with Crippen LogP contribution in [-0.4, -0.2) is 14.9 Å². The molecule has 0 aliphatic carbocycles. The second kappa shape index (κ2) is 4.35. The molecule has 0 bridgehead atoms. The zero-order valence-electron chi connectivity index (χ0n) is 8.22. The van der Waals surface area contributed by atoms with Gasteiger partial charge in [0.15, 0.2) is 0 Å². The number of halogens is 1. The number of rotatable bonds is 3. The van der Waals surface area contributed by atoms with Gasteiger partial charge >= 0.3 is 0 Å². The Bertz CT molecular complexity index is 438. The lowest BCUT2D eigenvalue weighted by Gasteiger charge is -2.11. The smallest absolute Gasteiger partial charge is 0.123 e. The van der Waals surface area contributed by atoms with Crippen LogP contribution in [0.25, 0.3) is 0 Å². The zero-order chi connectivity index (χ0) is 10.8. The first-order chi connectivity index (χ1) is 7.24. The number of nitrogens with zero attached hydrogens (tertiary/aromatic N) is 2. The highest BCUT2D eigenvalue weighted by Gasteiger charge is 2.19. The van der Waals surface area contributed by atoms with Crippen molar-refractivity contribution >= 4 is 22.9 Å². The number of aliphatic hydroxyl groups is 1. The minimum atomic E-state index is -0.689. The molecule has 0 spiro atoms. The molecule has 0 fully saturated rings. The van der Waals surface area contributed by atoms with Crippen LogP contribution in [0.4, 0.5) is 0 Å².